The highest BCUT2D eigenvalue weighted by Crippen LogP contribution is 2.63. The van der Waals surface area contributed by atoms with E-state index in [1.807, 2.05) is 17.5 Å². The van der Waals surface area contributed by atoms with E-state index in [9.17, 15) is 40.9 Å². The quantitative estimate of drug-likeness (QED) is 0.0834. The van der Waals surface area contributed by atoms with Gasteiger partial charge in [-0.05, 0) is 113 Å². The number of hydrogen-bond acceptors (Lipinski definition) is 13. The zero-order valence-electron chi connectivity index (χ0n) is 24.8. The highest BCUT2D eigenvalue weighted by Gasteiger charge is 2.64. The van der Waals surface area contributed by atoms with Crippen LogP contribution in [0.25, 0.3) is 0 Å². The first-order valence-corrected chi connectivity index (χ1v) is 19.2. The summed E-state index contributed by atoms with van der Waals surface area (Å²) in [6.45, 7) is -1.40. The molecule has 2 aromatic rings. The lowest BCUT2D eigenvalue weighted by atomic mass is 9.48. The second kappa shape index (κ2) is 13.0. The van der Waals surface area contributed by atoms with Crippen molar-refractivity contribution in [1.29, 1.82) is 0 Å². The first-order valence-electron chi connectivity index (χ1n) is 14.8. The summed E-state index contributed by atoms with van der Waals surface area (Å²) in [6.07, 6.45) is 3.51. The molecule has 3 unspecified atom stereocenters. The molecule has 0 spiro atoms. The molecule has 7 rings (SSSR count). The van der Waals surface area contributed by atoms with E-state index >= 15 is 0 Å². The number of esters is 4. The SMILES string of the molecule is O=C(Oc1c(I)cc(I)cc1C(=O)OCC(F)(F)S(=O)(=O)[O-])C(=O)OC12CC3CC(C1)CC(C(=O)OC1(c4cccs4)CCOC1)(C3)C2. The molecule has 4 saturated carbocycles. The molecule has 48 heavy (non-hydrogen) atoms. The lowest BCUT2D eigenvalue weighted by Crippen LogP contribution is -2.61. The minimum atomic E-state index is -6.13. The molecule has 0 radical (unpaired) electrons. The molecule has 1 aromatic carbocycles. The van der Waals surface area contributed by atoms with E-state index in [4.69, 9.17) is 18.9 Å². The third-order valence-corrected chi connectivity index (χ3v) is 12.6. The molecule has 2 heterocycles. The van der Waals surface area contributed by atoms with Crippen LogP contribution in [-0.4, -0.2) is 67.5 Å². The van der Waals surface area contributed by atoms with Gasteiger partial charge < -0.3 is 28.2 Å². The summed E-state index contributed by atoms with van der Waals surface area (Å²) in [7, 11) is -6.13. The molecule has 4 bridgehead atoms. The molecule has 0 amide bonds. The topological polar surface area (TPSA) is 172 Å². The van der Waals surface area contributed by atoms with Crippen LogP contribution in [0, 0.1) is 24.4 Å². The summed E-state index contributed by atoms with van der Waals surface area (Å²) in [6, 6.07) is 6.35. The molecule has 1 aromatic heterocycles. The Kier molecular flexibility index (Phi) is 9.66. The maximum Gasteiger partial charge on any atom is 0.422 e. The fourth-order valence-electron chi connectivity index (χ4n) is 7.72. The standard InChI is InChI=1S/C30H28F2I2O12S2/c31-30(32,48(39,40)41)15-43-23(35)19-7-18(33)8-20(34)22(19)44-24(36)25(37)45-28-11-16-6-17(12-28)10-27(9-16,13-28)26(38)46-29(3-4-42-14-29)21-2-1-5-47-21/h1-2,5,7-8,16-17H,3-4,6,9-15H2,(H,39,40,41)/p-1. The van der Waals surface area contributed by atoms with Gasteiger partial charge in [0, 0.05) is 16.4 Å². The molecule has 5 aliphatic rings. The number of thiophene rings is 1. The van der Waals surface area contributed by atoms with Gasteiger partial charge in [0.1, 0.15) is 11.2 Å². The molecular formula is C30H27F2I2O12S2-. The number of ether oxygens (including phenoxy) is 5. The van der Waals surface area contributed by atoms with Gasteiger partial charge in [-0.15, -0.1) is 11.3 Å². The predicted octanol–water partition coefficient (Wildman–Crippen LogP) is 4.90. The molecule has 5 fully saturated rings. The lowest BCUT2D eigenvalue weighted by molar-refractivity contribution is -0.220. The molecule has 4 aliphatic carbocycles. The summed E-state index contributed by atoms with van der Waals surface area (Å²) in [5, 5.41) is -3.00. The summed E-state index contributed by atoms with van der Waals surface area (Å²) in [5.41, 5.74) is -3.54. The van der Waals surface area contributed by atoms with Crippen molar-refractivity contribution >= 4 is 90.5 Å². The molecule has 1 aliphatic heterocycles. The summed E-state index contributed by atoms with van der Waals surface area (Å²) in [5.74, 6) is -5.21. The van der Waals surface area contributed by atoms with E-state index in [1.54, 1.807) is 45.2 Å². The fourth-order valence-corrected chi connectivity index (χ4v) is 10.8. The predicted molar refractivity (Wildman–Crippen MR) is 176 cm³/mol. The Labute approximate surface area is 304 Å². The van der Waals surface area contributed by atoms with Gasteiger partial charge in [0.15, 0.2) is 28.1 Å². The largest absolute Gasteiger partial charge is 0.743 e. The number of benzene rings is 1. The van der Waals surface area contributed by atoms with Crippen LogP contribution < -0.4 is 4.74 Å². The Bertz CT molecular complexity index is 1740. The Balaban J connectivity index is 1.18. The number of carbonyl (C=O) groups is 4. The van der Waals surface area contributed by atoms with E-state index in [0.717, 1.165) is 17.4 Å². The average Bonchev–Trinajstić information content (AvgIpc) is 3.69. The van der Waals surface area contributed by atoms with E-state index in [-0.39, 0.29) is 34.4 Å². The molecule has 260 valence electrons. The van der Waals surface area contributed by atoms with Crippen molar-refractivity contribution in [2.45, 2.75) is 61.4 Å². The minimum Gasteiger partial charge on any atom is -0.743 e. The van der Waals surface area contributed by atoms with E-state index in [0.29, 0.717) is 42.3 Å². The maximum absolute atomic E-state index is 14.0. The van der Waals surface area contributed by atoms with E-state index in [2.05, 4.69) is 4.74 Å². The van der Waals surface area contributed by atoms with Crippen molar-refractivity contribution in [2.75, 3.05) is 19.8 Å². The molecule has 18 heteroatoms. The Morgan fingerprint density at radius 1 is 1.06 bits per heavy atom. The van der Waals surface area contributed by atoms with Gasteiger partial charge in [-0.2, -0.15) is 8.78 Å². The Hall–Kier alpha value is -2.01. The monoisotopic (exact) mass is 935 g/mol. The number of halogens is 4. The van der Waals surface area contributed by atoms with Crippen molar-refractivity contribution in [2.24, 2.45) is 17.3 Å². The zero-order valence-corrected chi connectivity index (χ0v) is 30.8. The second-order valence-corrected chi connectivity index (χ2v) is 17.7. The smallest absolute Gasteiger partial charge is 0.422 e. The number of carbonyl (C=O) groups excluding carboxylic acids is 4. The van der Waals surface area contributed by atoms with Crippen LogP contribution in [0.4, 0.5) is 8.78 Å². The van der Waals surface area contributed by atoms with Crippen molar-refractivity contribution in [3.05, 3.63) is 47.2 Å². The summed E-state index contributed by atoms with van der Waals surface area (Å²) >= 11 is 4.95. The van der Waals surface area contributed by atoms with Gasteiger partial charge in [-0.3, -0.25) is 4.79 Å². The average molecular weight is 935 g/mol. The van der Waals surface area contributed by atoms with Crippen molar-refractivity contribution in [1.82, 2.24) is 0 Å². The second-order valence-electron chi connectivity index (χ2n) is 12.8. The van der Waals surface area contributed by atoms with Gasteiger partial charge in [0.2, 0.25) is 0 Å². The van der Waals surface area contributed by atoms with Crippen molar-refractivity contribution in [3.63, 3.8) is 0 Å². The van der Waals surface area contributed by atoms with Crippen molar-refractivity contribution in [3.8, 4) is 5.75 Å². The van der Waals surface area contributed by atoms with Gasteiger partial charge >= 0.3 is 29.1 Å². The van der Waals surface area contributed by atoms with Gasteiger partial charge in [0.05, 0.1) is 27.1 Å². The molecular weight excluding hydrogens is 908 g/mol. The summed E-state index contributed by atoms with van der Waals surface area (Å²) in [4.78, 5) is 54.0. The first kappa shape index (κ1) is 35.8. The third kappa shape index (κ3) is 6.84. The zero-order chi connectivity index (χ0) is 34.7. The number of alkyl halides is 2. The van der Waals surface area contributed by atoms with E-state index in [1.165, 1.54) is 17.4 Å². The van der Waals surface area contributed by atoms with Crippen LogP contribution in [0.5, 0.6) is 5.75 Å². The van der Waals surface area contributed by atoms with Crippen LogP contribution in [-0.2, 0) is 49.1 Å². The fraction of sp³-hybridized carbons (Fsp3) is 0.533. The van der Waals surface area contributed by atoms with Crippen LogP contribution in [0.1, 0.15) is 60.2 Å². The normalized spacial score (nSPS) is 29.4. The highest BCUT2D eigenvalue weighted by molar-refractivity contribution is 14.1. The van der Waals surface area contributed by atoms with Crippen LogP contribution >= 0.6 is 56.5 Å². The number of hydrogen-bond donors (Lipinski definition) is 0. The first-order chi connectivity index (χ1) is 22.5. The van der Waals surface area contributed by atoms with Gasteiger partial charge in [-0.25, -0.2) is 22.8 Å². The highest BCUT2D eigenvalue weighted by atomic mass is 127. The van der Waals surface area contributed by atoms with Gasteiger partial charge in [0.25, 0.3) is 0 Å². The lowest BCUT2D eigenvalue weighted by Gasteiger charge is -2.59. The molecule has 1 saturated heterocycles. The maximum atomic E-state index is 14.0. The molecule has 12 nitrogen and oxygen atoms in total. The third-order valence-electron chi connectivity index (χ3n) is 9.32. The Morgan fingerprint density at radius 3 is 2.38 bits per heavy atom. The van der Waals surface area contributed by atoms with Crippen molar-refractivity contribution < 1.29 is 64.6 Å². The number of rotatable bonds is 9. The minimum absolute atomic E-state index is 0.0507. The Morgan fingerprint density at radius 2 is 1.77 bits per heavy atom. The van der Waals surface area contributed by atoms with Crippen LogP contribution in [0.2, 0.25) is 0 Å². The van der Waals surface area contributed by atoms with E-state index < -0.39 is 67.8 Å². The van der Waals surface area contributed by atoms with Gasteiger partial charge in [-0.1, -0.05) is 6.07 Å². The summed E-state index contributed by atoms with van der Waals surface area (Å²) < 4.78 is 87.6. The van der Waals surface area contributed by atoms with Crippen LogP contribution in [0.15, 0.2) is 29.6 Å². The molecule has 3 atom stereocenters. The van der Waals surface area contributed by atoms with Crippen LogP contribution in [0.3, 0.4) is 0 Å². The molecule has 0 N–H and O–H groups in total.